The van der Waals surface area contributed by atoms with E-state index in [0.717, 1.165) is 23.8 Å². The largest absolute Gasteiger partial charge is 0.506 e. The Balaban J connectivity index is 2.35. The molecule has 9 nitrogen and oxygen atoms in total. The first kappa shape index (κ1) is 22.3. The van der Waals surface area contributed by atoms with Gasteiger partial charge in [-0.2, -0.15) is 0 Å². The zero-order chi connectivity index (χ0) is 21.5. The summed E-state index contributed by atoms with van der Waals surface area (Å²) in [5.74, 6) is 0. The van der Waals surface area contributed by atoms with E-state index in [0.29, 0.717) is 0 Å². The first-order valence-corrected chi connectivity index (χ1v) is 11.8. The van der Waals surface area contributed by atoms with Crippen LogP contribution in [-0.2, 0) is 13.9 Å². The topological polar surface area (TPSA) is 120 Å². The number of hydrogen-bond donors (Lipinski definition) is 2. The quantitative estimate of drug-likeness (QED) is 0.556. The van der Waals surface area contributed by atoms with Crippen molar-refractivity contribution in [3.05, 3.63) is 33.1 Å². The summed E-state index contributed by atoms with van der Waals surface area (Å²) in [5.41, 5.74) is -3.89. The number of aromatic nitrogens is 2. The van der Waals surface area contributed by atoms with Crippen molar-refractivity contribution in [2.45, 2.75) is 69.9 Å². The van der Waals surface area contributed by atoms with Crippen LogP contribution >= 0.6 is 0 Å². The van der Waals surface area contributed by atoms with Crippen LogP contribution in [0.4, 0.5) is 9.18 Å². The van der Waals surface area contributed by atoms with Gasteiger partial charge in [0.15, 0.2) is 26.3 Å². The van der Waals surface area contributed by atoms with E-state index in [9.17, 15) is 14.4 Å². The zero-order valence-electron chi connectivity index (χ0n) is 16.8. The highest BCUT2D eigenvalue weighted by atomic mass is 28.4. The van der Waals surface area contributed by atoms with Crippen LogP contribution in [0.3, 0.4) is 0 Å². The predicted octanol–water partition coefficient (Wildman–Crippen LogP) is 2.25. The molecule has 2 rings (SSSR count). The van der Waals surface area contributed by atoms with Crippen molar-refractivity contribution in [3.8, 4) is 0 Å². The summed E-state index contributed by atoms with van der Waals surface area (Å²) in [5, 5.41) is 8.91. The third kappa shape index (κ3) is 4.36. The molecule has 2 N–H and O–H groups in total. The fourth-order valence-corrected chi connectivity index (χ4v) is 3.77. The van der Waals surface area contributed by atoms with Gasteiger partial charge in [0.05, 0.1) is 6.61 Å². The highest BCUT2D eigenvalue weighted by molar-refractivity contribution is 6.74. The SMILES string of the molecule is CC(C)(C)[Si](C)(C)OC[C@H]1O[C@@H](n2ccc(=O)[nH]c2=O)[C@](C)(F)[C@@H]1OC(=O)O. The maximum atomic E-state index is 15.6. The number of halogens is 1. The second kappa shape index (κ2) is 7.45. The summed E-state index contributed by atoms with van der Waals surface area (Å²) in [6.45, 7) is 11.1. The van der Waals surface area contributed by atoms with Crippen molar-refractivity contribution >= 4 is 14.5 Å². The van der Waals surface area contributed by atoms with E-state index in [4.69, 9.17) is 19.0 Å². The Morgan fingerprint density at radius 2 is 2.04 bits per heavy atom. The minimum atomic E-state index is -2.37. The Morgan fingerprint density at radius 1 is 1.43 bits per heavy atom. The Hall–Kier alpha value is -1.98. The number of H-pyrrole nitrogens is 1. The highest BCUT2D eigenvalue weighted by Crippen LogP contribution is 2.43. The van der Waals surface area contributed by atoms with Crippen molar-refractivity contribution in [2.75, 3.05) is 6.61 Å². The summed E-state index contributed by atoms with van der Waals surface area (Å²) in [6, 6.07) is 1.05. The van der Waals surface area contributed by atoms with Gasteiger partial charge in [0.2, 0.25) is 0 Å². The molecule has 11 heteroatoms. The average Bonchev–Trinajstić information content (AvgIpc) is 2.75. The number of hydrogen-bond acceptors (Lipinski definition) is 6. The van der Waals surface area contributed by atoms with Crippen LogP contribution in [0, 0.1) is 0 Å². The molecule has 0 spiro atoms. The Kier molecular flexibility index (Phi) is 5.93. The van der Waals surface area contributed by atoms with Gasteiger partial charge in [-0.1, -0.05) is 20.8 Å². The highest BCUT2D eigenvalue weighted by Gasteiger charge is 2.58. The van der Waals surface area contributed by atoms with E-state index in [2.05, 4.69) is 0 Å². The molecule has 1 fully saturated rings. The van der Waals surface area contributed by atoms with E-state index >= 15 is 4.39 Å². The summed E-state index contributed by atoms with van der Waals surface area (Å²) in [7, 11) is -2.23. The van der Waals surface area contributed by atoms with E-state index < -0.39 is 49.8 Å². The number of alkyl halides is 1. The number of carbonyl (C=O) groups is 1. The van der Waals surface area contributed by atoms with Crippen LogP contribution in [0.5, 0.6) is 0 Å². The van der Waals surface area contributed by atoms with Crippen LogP contribution in [0.1, 0.15) is 33.9 Å². The van der Waals surface area contributed by atoms with Gasteiger partial charge in [0.1, 0.15) is 6.10 Å². The number of ether oxygens (including phenoxy) is 2. The third-order valence-corrected chi connectivity index (χ3v) is 9.93. The van der Waals surface area contributed by atoms with Gasteiger partial charge in [-0.15, -0.1) is 0 Å². The lowest BCUT2D eigenvalue weighted by Gasteiger charge is -2.37. The average molecular weight is 418 g/mol. The molecule has 0 saturated carbocycles. The second-order valence-corrected chi connectivity index (χ2v) is 13.4. The van der Waals surface area contributed by atoms with Crippen molar-refractivity contribution in [1.29, 1.82) is 0 Å². The van der Waals surface area contributed by atoms with Crippen LogP contribution in [0.2, 0.25) is 18.1 Å². The Morgan fingerprint density at radius 3 is 2.54 bits per heavy atom. The summed E-state index contributed by atoms with van der Waals surface area (Å²) in [6.07, 6.45) is -4.64. The molecule has 4 atom stereocenters. The van der Waals surface area contributed by atoms with Crippen molar-refractivity contribution in [1.82, 2.24) is 9.55 Å². The molecular weight excluding hydrogens is 391 g/mol. The molecule has 1 aliphatic rings. The van der Waals surface area contributed by atoms with Gasteiger partial charge in [-0.05, 0) is 25.1 Å². The van der Waals surface area contributed by atoms with Crippen molar-refractivity contribution in [3.63, 3.8) is 0 Å². The van der Waals surface area contributed by atoms with Crippen molar-refractivity contribution < 1.29 is 28.2 Å². The van der Waals surface area contributed by atoms with Gasteiger partial charge in [-0.25, -0.2) is 14.0 Å². The maximum absolute atomic E-state index is 15.6. The first-order valence-electron chi connectivity index (χ1n) is 8.86. The van der Waals surface area contributed by atoms with Crippen LogP contribution in [0.25, 0.3) is 0 Å². The smallest absolute Gasteiger partial charge is 0.450 e. The third-order valence-electron chi connectivity index (χ3n) is 5.43. The zero-order valence-corrected chi connectivity index (χ0v) is 17.8. The van der Waals surface area contributed by atoms with Gasteiger partial charge in [0, 0.05) is 12.3 Å². The molecule has 1 saturated heterocycles. The molecule has 0 radical (unpaired) electrons. The fourth-order valence-electron chi connectivity index (χ4n) is 2.76. The fraction of sp³-hybridized carbons (Fsp3) is 0.706. The molecule has 0 amide bonds. The lowest BCUT2D eigenvalue weighted by atomic mass is 9.98. The summed E-state index contributed by atoms with van der Waals surface area (Å²) in [4.78, 5) is 36.5. The summed E-state index contributed by atoms with van der Waals surface area (Å²) < 4.78 is 32.9. The van der Waals surface area contributed by atoms with E-state index in [1.807, 2.05) is 38.8 Å². The molecule has 158 valence electrons. The van der Waals surface area contributed by atoms with Crippen LogP contribution in [0.15, 0.2) is 21.9 Å². The molecule has 1 aliphatic heterocycles. The monoisotopic (exact) mass is 418 g/mol. The lowest BCUT2D eigenvalue weighted by Crippen LogP contribution is -2.48. The molecule has 1 aromatic heterocycles. The second-order valence-electron chi connectivity index (χ2n) is 8.57. The first-order chi connectivity index (χ1) is 12.7. The minimum Gasteiger partial charge on any atom is -0.450 e. The normalized spacial score (nSPS) is 28.3. The standard InChI is InChI=1S/C17H27FN2O7Si/c1-16(2,3)28(5,6)25-9-10-12(27-15(23)24)17(4,18)13(26-10)20-8-7-11(21)19-14(20)22/h7-8,10,12-13H,9H2,1-6H3,(H,23,24)(H,19,21,22)/t10-,12-,13-,17-/m1/s1. The van der Waals surface area contributed by atoms with Crippen LogP contribution in [-0.4, -0.2) is 53.6 Å². The maximum Gasteiger partial charge on any atom is 0.506 e. The number of aromatic amines is 1. The van der Waals surface area contributed by atoms with Crippen LogP contribution < -0.4 is 11.2 Å². The van der Waals surface area contributed by atoms with Gasteiger partial charge in [-0.3, -0.25) is 14.3 Å². The minimum absolute atomic E-state index is 0.0947. The van der Waals surface area contributed by atoms with Gasteiger partial charge < -0.3 is 19.0 Å². The number of nitrogens with zero attached hydrogens (tertiary/aromatic N) is 1. The molecule has 2 heterocycles. The number of rotatable bonds is 5. The molecule has 0 unspecified atom stereocenters. The van der Waals surface area contributed by atoms with E-state index in [1.54, 1.807) is 0 Å². The van der Waals surface area contributed by atoms with E-state index in [-0.39, 0.29) is 11.6 Å². The molecule has 0 aliphatic carbocycles. The van der Waals surface area contributed by atoms with Gasteiger partial charge >= 0.3 is 11.8 Å². The number of nitrogens with one attached hydrogen (secondary N) is 1. The molecule has 1 aromatic rings. The Bertz CT molecular complexity index is 843. The predicted molar refractivity (Wildman–Crippen MR) is 101 cm³/mol. The lowest BCUT2D eigenvalue weighted by molar-refractivity contribution is -0.0597. The molecular formula is C17H27FN2O7Si. The van der Waals surface area contributed by atoms with Gasteiger partial charge in [0.25, 0.3) is 5.56 Å². The molecule has 28 heavy (non-hydrogen) atoms. The Labute approximate surface area is 162 Å². The van der Waals surface area contributed by atoms with Crippen molar-refractivity contribution in [2.24, 2.45) is 0 Å². The molecule has 0 bridgehead atoms. The van der Waals surface area contributed by atoms with E-state index in [1.165, 1.54) is 0 Å². The summed E-state index contributed by atoms with van der Waals surface area (Å²) >= 11 is 0. The number of carboxylic acid groups (broad SMARTS) is 1. The molecule has 0 aromatic carbocycles.